The molecule has 1 saturated heterocycles. The molecule has 5 heteroatoms. The molecule has 134 valence electrons. The Balaban J connectivity index is 1.85. The summed E-state index contributed by atoms with van der Waals surface area (Å²) >= 11 is 5.94. The quantitative estimate of drug-likeness (QED) is 0.795. The first-order chi connectivity index (χ1) is 11.3. The highest BCUT2D eigenvalue weighted by Crippen LogP contribution is 2.19. The minimum absolute atomic E-state index is 0.196. The van der Waals surface area contributed by atoms with E-state index < -0.39 is 5.60 Å². The average Bonchev–Trinajstić information content (AvgIpc) is 2.98. The van der Waals surface area contributed by atoms with Crippen molar-refractivity contribution in [1.29, 1.82) is 0 Å². The standard InChI is InChI=1S/C19H29ClN2O2/c1-5-21(12-10-15-6-8-16(20)9-7-15)17-11-13-22(14-17)18(23)24-19(2,3)4/h6-9,17H,5,10-14H2,1-4H3. The number of likely N-dealkylation sites (N-methyl/N-ethyl adjacent to an activating group) is 1. The van der Waals surface area contributed by atoms with Crippen LogP contribution in [0.4, 0.5) is 4.79 Å². The van der Waals surface area contributed by atoms with Crippen molar-refractivity contribution in [3.63, 3.8) is 0 Å². The summed E-state index contributed by atoms with van der Waals surface area (Å²) in [7, 11) is 0. The maximum Gasteiger partial charge on any atom is 0.410 e. The SMILES string of the molecule is CCN(CCc1ccc(Cl)cc1)C1CCN(C(=O)OC(C)(C)C)C1. The third kappa shape index (κ3) is 5.67. The maximum atomic E-state index is 12.2. The number of amides is 1. The monoisotopic (exact) mass is 352 g/mol. The van der Waals surface area contributed by atoms with Crippen LogP contribution in [0.2, 0.25) is 5.02 Å². The smallest absolute Gasteiger partial charge is 0.410 e. The van der Waals surface area contributed by atoms with Crippen LogP contribution in [-0.4, -0.2) is 53.7 Å². The van der Waals surface area contributed by atoms with Gasteiger partial charge in [-0.25, -0.2) is 4.79 Å². The summed E-state index contributed by atoms with van der Waals surface area (Å²) < 4.78 is 5.48. The topological polar surface area (TPSA) is 32.8 Å². The van der Waals surface area contributed by atoms with E-state index in [0.717, 1.165) is 44.0 Å². The van der Waals surface area contributed by atoms with Gasteiger partial charge < -0.3 is 9.64 Å². The lowest BCUT2D eigenvalue weighted by molar-refractivity contribution is 0.0280. The van der Waals surface area contributed by atoms with Crippen molar-refractivity contribution in [2.45, 2.75) is 52.2 Å². The number of carbonyl (C=O) groups excluding carboxylic acids is 1. The fourth-order valence-electron chi connectivity index (χ4n) is 3.05. The molecule has 1 fully saturated rings. The zero-order valence-corrected chi connectivity index (χ0v) is 16.0. The van der Waals surface area contributed by atoms with Gasteiger partial charge in [-0.15, -0.1) is 0 Å². The number of hydrogen-bond acceptors (Lipinski definition) is 3. The number of ether oxygens (including phenoxy) is 1. The summed E-state index contributed by atoms with van der Waals surface area (Å²) in [5.74, 6) is 0. The van der Waals surface area contributed by atoms with Gasteiger partial charge in [0.05, 0.1) is 0 Å². The summed E-state index contributed by atoms with van der Waals surface area (Å²) in [5.41, 5.74) is 0.855. The van der Waals surface area contributed by atoms with E-state index in [1.165, 1.54) is 5.56 Å². The van der Waals surface area contributed by atoms with Crippen LogP contribution in [-0.2, 0) is 11.2 Å². The highest BCUT2D eigenvalue weighted by atomic mass is 35.5. The molecule has 4 nitrogen and oxygen atoms in total. The number of halogens is 1. The minimum atomic E-state index is -0.436. The zero-order valence-electron chi connectivity index (χ0n) is 15.2. The Morgan fingerprint density at radius 3 is 2.58 bits per heavy atom. The van der Waals surface area contributed by atoms with Crippen molar-refractivity contribution in [3.8, 4) is 0 Å². The first kappa shape index (κ1) is 19.1. The van der Waals surface area contributed by atoms with Crippen LogP contribution in [0.15, 0.2) is 24.3 Å². The van der Waals surface area contributed by atoms with Crippen LogP contribution < -0.4 is 0 Å². The van der Waals surface area contributed by atoms with Crippen molar-refractivity contribution in [2.24, 2.45) is 0 Å². The number of nitrogens with zero attached hydrogens (tertiary/aromatic N) is 2. The molecule has 0 N–H and O–H groups in total. The fourth-order valence-corrected chi connectivity index (χ4v) is 3.18. The fraction of sp³-hybridized carbons (Fsp3) is 0.632. The predicted octanol–water partition coefficient (Wildman–Crippen LogP) is 4.21. The van der Waals surface area contributed by atoms with Gasteiger partial charge in [-0.3, -0.25) is 4.90 Å². The number of likely N-dealkylation sites (tertiary alicyclic amines) is 1. The van der Waals surface area contributed by atoms with E-state index in [1.807, 2.05) is 37.8 Å². The van der Waals surface area contributed by atoms with Gasteiger partial charge in [0.1, 0.15) is 5.60 Å². The molecular formula is C19H29ClN2O2. The average molecular weight is 353 g/mol. The summed E-state index contributed by atoms with van der Waals surface area (Å²) in [6.45, 7) is 11.4. The Kier molecular flexibility index (Phi) is 6.53. The Morgan fingerprint density at radius 1 is 1.33 bits per heavy atom. The third-order valence-electron chi connectivity index (χ3n) is 4.34. The molecule has 1 atom stereocenters. The van der Waals surface area contributed by atoms with E-state index >= 15 is 0 Å². The van der Waals surface area contributed by atoms with Crippen molar-refractivity contribution in [3.05, 3.63) is 34.9 Å². The van der Waals surface area contributed by atoms with E-state index in [4.69, 9.17) is 16.3 Å². The number of hydrogen-bond donors (Lipinski definition) is 0. The summed E-state index contributed by atoms with van der Waals surface area (Å²) in [6, 6.07) is 8.45. The van der Waals surface area contributed by atoms with E-state index in [2.05, 4.69) is 24.0 Å². The molecule has 1 amide bonds. The van der Waals surface area contributed by atoms with Crippen molar-refractivity contribution >= 4 is 17.7 Å². The second-order valence-electron chi connectivity index (χ2n) is 7.37. The van der Waals surface area contributed by atoms with Crippen LogP contribution in [0.1, 0.15) is 39.7 Å². The number of benzene rings is 1. The Hall–Kier alpha value is -1.26. The van der Waals surface area contributed by atoms with Gasteiger partial charge >= 0.3 is 6.09 Å². The lowest BCUT2D eigenvalue weighted by Gasteiger charge is -2.28. The van der Waals surface area contributed by atoms with Gasteiger partial charge in [-0.05, 0) is 57.9 Å². The Morgan fingerprint density at radius 2 is 2.00 bits per heavy atom. The molecule has 0 saturated carbocycles. The summed E-state index contributed by atoms with van der Waals surface area (Å²) in [5, 5.41) is 0.773. The lowest BCUT2D eigenvalue weighted by atomic mass is 10.1. The molecule has 0 radical (unpaired) electrons. The Labute approximate surface area is 150 Å². The van der Waals surface area contributed by atoms with E-state index in [0.29, 0.717) is 6.04 Å². The molecule has 0 aromatic heterocycles. The second-order valence-corrected chi connectivity index (χ2v) is 7.81. The van der Waals surface area contributed by atoms with Crippen LogP contribution in [0.5, 0.6) is 0 Å². The lowest BCUT2D eigenvalue weighted by Crippen LogP contribution is -2.41. The Bertz CT molecular complexity index is 539. The molecule has 0 aliphatic carbocycles. The second kappa shape index (κ2) is 8.21. The normalized spacial score (nSPS) is 18.2. The summed E-state index contributed by atoms with van der Waals surface area (Å²) in [4.78, 5) is 16.5. The molecular weight excluding hydrogens is 324 g/mol. The number of rotatable bonds is 5. The van der Waals surface area contributed by atoms with Gasteiger partial charge in [0.2, 0.25) is 0 Å². The van der Waals surface area contributed by atoms with Crippen LogP contribution in [0.3, 0.4) is 0 Å². The molecule has 1 heterocycles. The predicted molar refractivity (Wildman–Crippen MR) is 98.6 cm³/mol. The van der Waals surface area contributed by atoms with Gasteiger partial charge in [0, 0.05) is 30.7 Å². The number of carbonyl (C=O) groups is 1. The molecule has 1 aliphatic heterocycles. The molecule has 2 rings (SSSR count). The molecule has 1 aromatic rings. The van der Waals surface area contributed by atoms with Crippen LogP contribution >= 0.6 is 11.6 Å². The van der Waals surface area contributed by atoms with Crippen LogP contribution in [0.25, 0.3) is 0 Å². The first-order valence-electron chi connectivity index (χ1n) is 8.75. The molecule has 0 bridgehead atoms. The molecule has 1 unspecified atom stereocenters. The van der Waals surface area contributed by atoms with E-state index in [9.17, 15) is 4.79 Å². The van der Waals surface area contributed by atoms with Gasteiger partial charge in [-0.2, -0.15) is 0 Å². The first-order valence-corrected chi connectivity index (χ1v) is 9.12. The van der Waals surface area contributed by atoms with E-state index in [-0.39, 0.29) is 6.09 Å². The summed E-state index contributed by atoms with van der Waals surface area (Å²) in [6.07, 6.45) is 1.81. The van der Waals surface area contributed by atoms with Crippen LogP contribution in [0, 0.1) is 0 Å². The largest absolute Gasteiger partial charge is 0.444 e. The van der Waals surface area contributed by atoms with Gasteiger partial charge in [0.15, 0.2) is 0 Å². The molecule has 1 aromatic carbocycles. The molecule has 1 aliphatic rings. The highest BCUT2D eigenvalue weighted by molar-refractivity contribution is 6.30. The maximum absolute atomic E-state index is 12.2. The molecule has 0 spiro atoms. The molecule has 24 heavy (non-hydrogen) atoms. The van der Waals surface area contributed by atoms with Crippen molar-refractivity contribution < 1.29 is 9.53 Å². The van der Waals surface area contributed by atoms with E-state index in [1.54, 1.807) is 0 Å². The minimum Gasteiger partial charge on any atom is -0.444 e. The highest BCUT2D eigenvalue weighted by Gasteiger charge is 2.32. The van der Waals surface area contributed by atoms with Gasteiger partial charge in [-0.1, -0.05) is 30.7 Å². The van der Waals surface area contributed by atoms with Gasteiger partial charge in [0.25, 0.3) is 0 Å². The van der Waals surface area contributed by atoms with Crippen molar-refractivity contribution in [1.82, 2.24) is 9.80 Å². The van der Waals surface area contributed by atoms with Crippen molar-refractivity contribution in [2.75, 3.05) is 26.2 Å². The third-order valence-corrected chi connectivity index (χ3v) is 4.59. The zero-order chi connectivity index (χ0) is 17.7.